The lowest BCUT2D eigenvalue weighted by atomic mass is 10.0. The van der Waals surface area contributed by atoms with E-state index in [1.807, 2.05) is 32.6 Å². The average molecular weight is 527 g/mol. The lowest BCUT2D eigenvalue weighted by Crippen LogP contribution is -2.17. The van der Waals surface area contributed by atoms with Crippen molar-refractivity contribution in [2.75, 3.05) is 5.32 Å². The molecule has 0 unspecified atom stereocenters. The van der Waals surface area contributed by atoms with Crippen LogP contribution in [0.1, 0.15) is 24.0 Å². The van der Waals surface area contributed by atoms with E-state index in [-0.39, 0.29) is 5.25 Å². The number of pyridine rings is 1. The maximum absolute atomic E-state index is 12.5. The Hall–Kier alpha value is -4.83. The predicted molar refractivity (Wildman–Crippen MR) is 140 cm³/mol. The summed E-state index contributed by atoms with van der Waals surface area (Å²) in [4.78, 5) is 13.4. The zero-order valence-electron chi connectivity index (χ0n) is 20.5. The number of aromatic nitrogens is 9. The van der Waals surface area contributed by atoms with Crippen LogP contribution in [0.2, 0.25) is 0 Å². The van der Waals surface area contributed by atoms with Gasteiger partial charge in [-0.05, 0) is 25.0 Å². The van der Waals surface area contributed by atoms with Crippen molar-refractivity contribution in [3.05, 3.63) is 72.8 Å². The molecule has 0 spiro atoms. The van der Waals surface area contributed by atoms with E-state index in [1.165, 1.54) is 12.4 Å². The van der Waals surface area contributed by atoms with Crippen molar-refractivity contribution in [1.82, 2.24) is 43.7 Å². The molecule has 0 amide bonds. The Bertz CT molecular complexity index is 1820. The van der Waals surface area contributed by atoms with Crippen LogP contribution in [0.3, 0.4) is 0 Å². The molecular weight excluding hydrogens is 504 g/mol. The normalized spacial score (nSPS) is 13.2. The van der Waals surface area contributed by atoms with Gasteiger partial charge in [-0.25, -0.2) is 23.4 Å². The highest BCUT2D eigenvalue weighted by atomic mass is 32.2. The van der Waals surface area contributed by atoms with Gasteiger partial charge < -0.3 is 5.32 Å². The summed E-state index contributed by atoms with van der Waals surface area (Å²) in [5.41, 5.74) is 3.78. The molecule has 0 radical (unpaired) electrons. The third-order valence-corrected chi connectivity index (χ3v) is 7.94. The molecule has 1 saturated carbocycles. The van der Waals surface area contributed by atoms with Gasteiger partial charge in [0.1, 0.15) is 11.6 Å². The number of nitrogens with zero attached hydrogens (tertiary/aromatic N) is 9. The molecule has 13 heteroatoms. The third kappa shape index (κ3) is 4.76. The average Bonchev–Trinajstić information content (AvgIpc) is 3.28. The Morgan fingerprint density at radius 1 is 0.895 bits per heavy atom. The Kier molecular flexibility index (Phi) is 5.73. The van der Waals surface area contributed by atoms with Crippen molar-refractivity contribution < 1.29 is 8.42 Å². The van der Waals surface area contributed by atoms with Gasteiger partial charge in [0.25, 0.3) is 10.0 Å². The van der Waals surface area contributed by atoms with Crippen molar-refractivity contribution >= 4 is 21.7 Å². The second kappa shape index (κ2) is 9.24. The fourth-order valence-corrected chi connectivity index (χ4v) is 5.30. The fraction of sp³-hybridized carbons (Fsp3) is 0.200. The molecule has 0 saturated heterocycles. The maximum Gasteiger partial charge on any atom is 0.256 e. The summed E-state index contributed by atoms with van der Waals surface area (Å²) in [6, 6.07) is 3.59. The quantitative estimate of drug-likeness (QED) is 0.330. The van der Waals surface area contributed by atoms with Crippen molar-refractivity contribution in [2.45, 2.75) is 18.1 Å². The summed E-state index contributed by atoms with van der Waals surface area (Å²) in [7, 11) is 0.230. The lowest BCUT2D eigenvalue weighted by Gasteiger charge is -2.09. The molecule has 190 valence electrons. The minimum absolute atomic E-state index is 0.346. The molecule has 1 aliphatic carbocycles. The van der Waals surface area contributed by atoms with E-state index in [9.17, 15) is 8.42 Å². The van der Waals surface area contributed by atoms with Crippen LogP contribution in [-0.4, -0.2) is 57.4 Å². The van der Waals surface area contributed by atoms with E-state index in [0.717, 1.165) is 26.3 Å². The largest absolute Gasteiger partial charge is 0.325 e. The first-order valence-corrected chi connectivity index (χ1v) is 13.2. The molecule has 1 aliphatic rings. The number of hydrogen-bond donors (Lipinski definition) is 1. The van der Waals surface area contributed by atoms with Crippen LogP contribution in [-0.2, 0) is 24.1 Å². The van der Waals surface area contributed by atoms with E-state index in [4.69, 9.17) is 0 Å². The van der Waals surface area contributed by atoms with Crippen molar-refractivity contribution in [3.63, 3.8) is 0 Å². The van der Waals surface area contributed by atoms with Gasteiger partial charge in [0.15, 0.2) is 5.82 Å². The van der Waals surface area contributed by atoms with Gasteiger partial charge in [-0.2, -0.15) is 19.4 Å². The third-order valence-electron chi connectivity index (χ3n) is 5.90. The van der Waals surface area contributed by atoms with E-state index in [0.29, 0.717) is 35.9 Å². The van der Waals surface area contributed by atoms with Crippen molar-refractivity contribution in [3.8, 4) is 34.4 Å². The highest BCUT2D eigenvalue weighted by molar-refractivity contribution is 7.90. The first-order valence-electron chi connectivity index (χ1n) is 11.7. The molecule has 12 nitrogen and oxygen atoms in total. The predicted octanol–water partition coefficient (Wildman–Crippen LogP) is 2.35. The van der Waals surface area contributed by atoms with E-state index in [1.54, 1.807) is 40.2 Å². The molecule has 1 fully saturated rings. The molecular formula is C25H22N10O2S. The summed E-state index contributed by atoms with van der Waals surface area (Å²) in [5.74, 6) is 7.70. The summed E-state index contributed by atoms with van der Waals surface area (Å²) in [5, 5.41) is 15.3. The van der Waals surface area contributed by atoms with Gasteiger partial charge in [0, 0.05) is 50.0 Å². The smallest absolute Gasteiger partial charge is 0.256 e. The minimum atomic E-state index is -3.46. The number of anilines is 2. The van der Waals surface area contributed by atoms with E-state index >= 15 is 0 Å². The molecule has 0 aromatic carbocycles. The molecule has 1 N–H and O–H groups in total. The van der Waals surface area contributed by atoms with Crippen LogP contribution in [0.25, 0.3) is 22.5 Å². The number of nitrogens with one attached hydrogen (secondary N) is 1. The van der Waals surface area contributed by atoms with Crippen LogP contribution in [0, 0.1) is 11.8 Å². The van der Waals surface area contributed by atoms with E-state index < -0.39 is 10.0 Å². The monoisotopic (exact) mass is 526 g/mol. The first-order chi connectivity index (χ1) is 18.3. The van der Waals surface area contributed by atoms with Crippen molar-refractivity contribution in [1.29, 1.82) is 0 Å². The molecule has 0 atom stereocenters. The van der Waals surface area contributed by atoms with E-state index in [2.05, 4.69) is 47.4 Å². The highest BCUT2D eigenvalue weighted by Crippen LogP contribution is 2.30. The number of hydrogen-bond acceptors (Lipinski definition) is 9. The van der Waals surface area contributed by atoms with Gasteiger partial charge in [-0.15, -0.1) is 0 Å². The Balaban J connectivity index is 1.29. The lowest BCUT2D eigenvalue weighted by molar-refractivity contribution is 0.578. The summed E-state index contributed by atoms with van der Waals surface area (Å²) >= 11 is 0. The number of aryl methyl sites for hydroxylation is 2. The van der Waals surface area contributed by atoms with Gasteiger partial charge in [0.05, 0.1) is 46.7 Å². The molecule has 0 aliphatic heterocycles. The molecule has 5 aromatic rings. The Labute approximate surface area is 218 Å². The van der Waals surface area contributed by atoms with Gasteiger partial charge >= 0.3 is 0 Å². The van der Waals surface area contributed by atoms with Gasteiger partial charge in [0.2, 0.25) is 0 Å². The standard InChI is InChI=1S/C25H22N10O2S/c1-33-14-17(10-28-33)3-4-18-11-27-24(9-22(18)19-12-29-34(2)15-19)31-23-7-8-26-25(32-23)20-13-30-35(16-20)38(36,37)21-5-6-21/h7-16,21H,5-6H2,1-2H3,(H,26,27,31,32). The summed E-state index contributed by atoms with van der Waals surface area (Å²) in [6.07, 6.45) is 14.7. The first kappa shape index (κ1) is 23.6. The summed E-state index contributed by atoms with van der Waals surface area (Å²) in [6.45, 7) is 0. The molecule has 5 aromatic heterocycles. The summed E-state index contributed by atoms with van der Waals surface area (Å²) < 4.78 is 29.4. The number of rotatable bonds is 6. The van der Waals surface area contributed by atoms with Crippen LogP contribution in [0.4, 0.5) is 11.6 Å². The topological polar surface area (TPSA) is 138 Å². The Morgan fingerprint density at radius 3 is 2.42 bits per heavy atom. The molecule has 5 heterocycles. The molecule has 0 bridgehead atoms. The SMILES string of the molecule is Cn1cc(C#Cc2cnc(Nc3ccnc(-c4cnn(S(=O)(=O)C5CC5)c4)n3)cc2-c2cnn(C)c2)cn1. The second-order valence-electron chi connectivity index (χ2n) is 8.91. The maximum atomic E-state index is 12.5. The Morgan fingerprint density at radius 2 is 1.68 bits per heavy atom. The van der Waals surface area contributed by atoms with Gasteiger partial charge in [-0.3, -0.25) is 9.36 Å². The second-order valence-corrected chi connectivity index (χ2v) is 11.0. The zero-order valence-corrected chi connectivity index (χ0v) is 21.3. The van der Waals surface area contributed by atoms with Crippen LogP contribution in [0.5, 0.6) is 0 Å². The fourth-order valence-electron chi connectivity index (χ4n) is 3.82. The van der Waals surface area contributed by atoms with Crippen LogP contribution in [0.15, 0.2) is 61.7 Å². The molecule has 6 rings (SSSR count). The highest BCUT2D eigenvalue weighted by Gasteiger charge is 2.37. The molecule has 38 heavy (non-hydrogen) atoms. The minimum Gasteiger partial charge on any atom is -0.325 e. The van der Waals surface area contributed by atoms with Crippen LogP contribution >= 0.6 is 0 Å². The van der Waals surface area contributed by atoms with Gasteiger partial charge in [-0.1, -0.05) is 11.8 Å². The van der Waals surface area contributed by atoms with Crippen molar-refractivity contribution in [2.24, 2.45) is 14.1 Å². The van der Waals surface area contributed by atoms with Crippen LogP contribution < -0.4 is 5.32 Å². The zero-order chi connectivity index (χ0) is 26.3.